The number of carbonyl (C=O) groups excluding carboxylic acids is 2. The van der Waals surface area contributed by atoms with Crippen LogP contribution in [-0.2, 0) is 9.59 Å². The molecule has 5 nitrogen and oxygen atoms in total. The molecule has 2 N–H and O–H groups in total. The van der Waals surface area contributed by atoms with Gasteiger partial charge in [0.1, 0.15) is 0 Å². The molecule has 19 heavy (non-hydrogen) atoms. The maximum Gasteiger partial charge on any atom is 0.239 e. The van der Waals surface area contributed by atoms with Crippen LogP contribution in [0.2, 0.25) is 0 Å². The lowest BCUT2D eigenvalue weighted by atomic mass is 10.1. The average Bonchev–Trinajstić information content (AvgIpc) is 2.37. The lowest BCUT2D eigenvalue weighted by Gasteiger charge is -2.30. The highest BCUT2D eigenvalue weighted by molar-refractivity contribution is 5.85. The molecule has 2 amide bonds. The Labute approximate surface area is 116 Å². The lowest BCUT2D eigenvalue weighted by Crippen LogP contribution is -2.53. The fraction of sp³-hybridized carbons (Fsp3) is 0.857. The van der Waals surface area contributed by atoms with Crippen molar-refractivity contribution in [1.82, 2.24) is 15.5 Å². The van der Waals surface area contributed by atoms with Crippen LogP contribution in [0.1, 0.15) is 47.0 Å². The maximum absolute atomic E-state index is 12.2. The van der Waals surface area contributed by atoms with E-state index in [1.165, 1.54) is 6.42 Å². The van der Waals surface area contributed by atoms with Crippen LogP contribution in [0.15, 0.2) is 0 Å². The summed E-state index contributed by atoms with van der Waals surface area (Å²) in [5.41, 5.74) is 0. The third kappa shape index (κ3) is 5.19. The zero-order valence-electron chi connectivity index (χ0n) is 12.5. The fourth-order valence-electron chi connectivity index (χ4n) is 2.32. The van der Waals surface area contributed by atoms with Crippen molar-refractivity contribution in [2.45, 2.75) is 65.1 Å². The number of amides is 2. The van der Waals surface area contributed by atoms with Crippen LogP contribution in [0.3, 0.4) is 0 Å². The summed E-state index contributed by atoms with van der Waals surface area (Å²) in [6.07, 6.45) is 3.38. The second-order valence-electron chi connectivity index (χ2n) is 5.66. The van der Waals surface area contributed by atoms with Gasteiger partial charge >= 0.3 is 0 Å². The Morgan fingerprint density at radius 2 is 1.53 bits per heavy atom. The van der Waals surface area contributed by atoms with Gasteiger partial charge in [-0.2, -0.15) is 0 Å². The molecule has 1 aliphatic rings. The fourth-order valence-corrected chi connectivity index (χ4v) is 2.32. The molecule has 1 fully saturated rings. The molecular weight excluding hydrogens is 242 g/mol. The van der Waals surface area contributed by atoms with E-state index in [1.54, 1.807) is 6.92 Å². The number of nitrogens with zero attached hydrogens (tertiary/aromatic N) is 1. The quantitative estimate of drug-likeness (QED) is 0.779. The van der Waals surface area contributed by atoms with Crippen LogP contribution >= 0.6 is 0 Å². The highest BCUT2D eigenvalue weighted by Crippen LogP contribution is 2.10. The molecule has 110 valence electrons. The Bertz CT molecular complexity index is 312. The first-order valence-corrected chi connectivity index (χ1v) is 7.27. The van der Waals surface area contributed by atoms with E-state index in [1.807, 2.05) is 25.7 Å². The Hall–Kier alpha value is -1.10. The van der Waals surface area contributed by atoms with E-state index >= 15 is 0 Å². The minimum atomic E-state index is -0.355. The molecule has 0 aliphatic carbocycles. The minimum absolute atomic E-state index is 0.0618. The van der Waals surface area contributed by atoms with Gasteiger partial charge in [0.05, 0.1) is 12.1 Å². The zero-order valence-corrected chi connectivity index (χ0v) is 12.5. The Morgan fingerprint density at radius 3 is 2.05 bits per heavy atom. The van der Waals surface area contributed by atoms with Gasteiger partial charge in [0, 0.05) is 19.1 Å². The maximum atomic E-state index is 12.2. The number of piperidine rings is 1. The van der Waals surface area contributed by atoms with Gasteiger partial charge in [0.2, 0.25) is 11.8 Å². The first kappa shape index (κ1) is 16.0. The molecule has 0 radical (unpaired) electrons. The molecule has 0 aromatic heterocycles. The van der Waals surface area contributed by atoms with Crippen LogP contribution in [0.4, 0.5) is 0 Å². The Kier molecular flexibility index (Phi) is 6.28. The third-order valence-electron chi connectivity index (χ3n) is 3.36. The molecular formula is C14H27N3O2. The third-order valence-corrected chi connectivity index (χ3v) is 3.36. The molecule has 1 saturated heterocycles. The Morgan fingerprint density at radius 1 is 0.947 bits per heavy atom. The van der Waals surface area contributed by atoms with Crippen molar-refractivity contribution in [3.63, 3.8) is 0 Å². The molecule has 1 rings (SSSR count). The predicted molar refractivity (Wildman–Crippen MR) is 75.8 cm³/mol. The molecule has 0 aromatic rings. The first-order chi connectivity index (χ1) is 8.91. The summed E-state index contributed by atoms with van der Waals surface area (Å²) in [7, 11) is 0. The highest BCUT2D eigenvalue weighted by Gasteiger charge is 2.25. The van der Waals surface area contributed by atoms with Crippen molar-refractivity contribution in [3.05, 3.63) is 0 Å². The van der Waals surface area contributed by atoms with E-state index in [-0.39, 0.29) is 29.9 Å². The van der Waals surface area contributed by atoms with Crippen molar-refractivity contribution in [3.8, 4) is 0 Å². The molecule has 0 spiro atoms. The van der Waals surface area contributed by atoms with Crippen LogP contribution in [-0.4, -0.2) is 47.9 Å². The largest absolute Gasteiger partial charge is 0.353 e. The van der Waals surface area contributed by atoms with E-state index in [4.69, 9.17) is 0 Å². The summed E-state index contributed by atoms with van der Waals surface area (Å²) in [5, 5.41) is 5.92. The summed E-state index contributed by atoms with van der Waals surface area (Å²) >= 11 is 0. The van der Waals surface area contributed by atoms with Crippen molar-refractivity contribution in [2.24, 2.45) is 0 Å². The van der Waals surface area contributed by atoms with Gasteiger partial charge < -0.3 is 10.2 Å². The van der Waals surface area contributed by atoms with Gasteiger partial charge in [-0.1, -0.05) is 0 Å². The Balaban J connectivity index is 2.42. The topological polar surface area (TPSA) is 61.4 Å². The molecule has 2 atom stereocenters. The number of hydrogen-bond acceptors (Lipinski definition) is 3. The second-order valence-corrected chi connectivity index (χ2v) is 5.66. The van der Waals surface area contributed by atoms with E-state index in [2.05, 4.69) is 10.6 Å². The summed E-state index contributed by atoms with van der Waals surface area (Å²) in [6.45, 7) is 9.16. The molecule has 0 saturated carbocycles. The van der Waals surface area contributed by atoms with Crippen molar-refractivity contribution < 1.29 is 9.59 Å². The number of nitrogens with one attached hydrogen (secondary N) is 2. The first-order valence-electron chi connectivity index (χ1n) is 7.27. The molecule has 5 heteroatoms. The minimum Gasteiger partial charge on any atom is -0.353 e. The van der Waals surface area contributed by atoms with Gasteiger partial charge in [0.25, 0.3) is 0 Å². The number of carbonyl (C=O) groups is 2. The average molecular weight is 269 g/mol. The lowest BCUT2D eigenvalue weighted by molar-refractivity contribution is -0.134. The predicted octanol–water partition coefficient (Wildman–Crippen LogP) is 0.890. The van der Waals surface area contributed by atoms with Crippen LogP contribution in [0.25, 0.3) is 0 Å². The van der Waals surface area contributed by atoms with Gasteiger partial charge in [-0.15, -0.1) is 0 Å². The second kappa shape index (κ2) is 7.48. The number of likely N-dealkylation sites (tertiary alicyclic amines) is 1. The van der Waals surface area contributed by atoms with E-state index in [0.717, 1.165) is 25.9 Å². The van der Waals surface area contributed by atoms with E-state index in [9.17, 15) is 9.59 Å². The van der Waals surface area contributed by atoms with Crippen molar-refractivity contribution >= 4 is 11.8 Å². The van der Waals surface area contributed by atoms with Gasteiger partial charge in [0.15, 0.2) is 0 Å². The normalized spacial score (nSPS) is 19.1. The van der Waals surface area contributed by atoms with Crippen LogP contribution < -0.4 is 10.6 Å². The molecule has 0 aromatic carbocycles. The van der Waals surface area contributed by atoms with Gasteiger partial charge in [-0.25, -0.2) is 0 Å². The van der Waals surface area contributed by atoms with Crippen molar-refractivity contribution in [1.29, 1.82) is 0 Å². The van der Waals surface area contributed by atoms with Crippen LogP contribution in [0.5, 0.6) is 0 Å². The van der Waals surface area contributed by atoms with Crippen LogP contribution in [0, 0.1) is 0 Å². The van der Waals surface area contributed by atoms with Gasteiger partial charge in [-0.05, 0) is 47.0 Å². The molecule has 2 unspecified atom stereocenters. The standard InChI is InChI=1S/C14H27N3O2/c1-10(2)15-13(18)11(3)16-12(4)14(19)17-8-6-5-7-9-17/h10-12,16H,5-9H2,1-4H3,(H,15,18). The number of hydrogen-bond donors (Lipinski definition) is 2. The smallest absolute Gasteiger partial charge is 0.239 e. The van der Waals surface area contributed by atoms with E-state index < -0.39 is 0 Å². The summed E-state index contributed by atoms with van der Waals surface area (Å²) in [5.74, 6) is 0.0391. The van der Waals surface area contributed by atoms with Gasteiger partial charge in [-0.3, -0.25) is 14.9 Å². The monoisotopic (exact) mass is 269 g/mol. The SMILES string of the molecule is CC(C)NC(=O)C(C)NC(C)C(=O)N1CCCCC1. The molecule has 1 heterocycles. The zero-order chi connectivity index (χ0) is 14.4. The highest BCUT2D eigenvalue weighted by atomic mass is 16.2. The molecule has 1 aliphatic heterocycles. The summed E-state index contributed by atoms with van der Waals surface area (Å²) in [6, 6.07) is -0.554. The van der Waals surface area contributed by atoms with E-state index in [0.29, 0.717) is 0 Å². The summed E-state index contributed by atoms with van der Waals surface area (Å²) < 4.78 is 0. The van der Waals surface area contributed by atoms with Crippen molar-refractivity contribution in [2.75, 3.05) is 13.1 Å². The molecule has 0 bridgehead atoms. The summed E-state index contributed by atoms with van der Waals surface area (Å²) in [4.78, 5) is 25.9. The number of rotatable bonds is 5.